The Labute approximate surface area is 159 Å². The van der Waals surface area contributed by atoms with E-state index in [1.54, 1.807) is 4.90 Å². The molecule has 0 radical (unpaired) electrons. The van der Waals surface area contributed by atoms with E-state index in [-0.39, 0.29) is 5.91 Å². The number of hydrogen-bond acceptors (Lipinski definition) is 4. The molecule has 142 valence electrons. The summed E-state index contributed by atoms with van der Waals surface area (Å²) in [4.78, 5) is 25.7. The van der Waals surface area contributed by atoms with E-state index in [0.29, 0.717) is 37.8 Å². The minimum Gasteiger partial charge on any atom is -0.386 e. The van der Waals surface area contributed by atoms with E-state index >= 15 is 0 Å². The quantitative estimate of drug-likeness (QED) is 0.692. The Kier molecular flexibility index (Phi) is 6.04. The maximum absolute atomic E-state index is 13.2. The predicted octanol–water partition coefficient (Wildman–Crippen LogP) is 3.11. The highest BCUT2D eigenvalue weighted by Gasteiger charge is 2.51. The van der Waals surface area contributed by atoms with Gasteiger partial charge in [0.2, 0.25) is 0 Å². The Morgan fingerprint density at radius 2 is 1.85 bits per heavy atom. The zero-order valence-electron chi connectivity index (χ0n) is 15.5. The molecule has 0 fully saturated rings. The number of ether oxygens (including phenoxy) is 1. The Hall–Kier alpha value is -2.50. The van der Waals surface area contributed by atoms with Gasteiger partial charge in [0, 0.05) is 29.8 Å². The van der Waals surface area contributed by atoms with Crippen molar-refractivity contribution in [3.63, 3.8) is 0 Å². The molecule has 5 nitrogen and oxygen atoms in total. The number of aliphatic hydroxyl groups excluding tert-OH is 1. The van der Waals surface area contributed by atoms with Crippen molar-refractivity contribution in [3.8, 4) is 0 Å². The molecule has 1 N–H and O–H groups in total. The standard InChI is InChI=1S/C22H25NO4/c1-2-15-27-22(17-9-4-3-5-10-17)20-13-7-6-12-19(20)21(26)23(22)14-8-11-18(25)16-24/h3-7,9-10,12-13,16,18,25H,2,8,11,14-15H2,1H3. The first-order valence-corrected chi connectivity index (χ1v) is 9.39. The number of hydrogen-bond donors (Lipinski definition) is 1. The third-order valence-electron chi connectivity index (χ3n) is 4.87. The summed E-state index contributed by atoms with van der Waals surface area (Å²) < 4.78 is 6.39. The van der Waals surface area contributed by atoms with Gasteiger partial charge >= 0.3 is 0 Å². The molecule has 5 heteroatoms. The number of fused-ring (bicyclic) bond motifs is 1. The molecule has 0 saturated heterocycles. The van der Waals surface area contributed by atoms with Crippen molar-refractivity contribution in [2.75, 3.05) is 13.2 Å². The SMILES string of the molecule is CCCOC1(c2ccccc2)c2ccccc2C(=O)N1CCCC(O)C=O. The molecule has 0 spiro atoms. The van der Waals surface area contributed by atoms with Crippen molar-refractivity contribution in [1.29, 1.82) is 0 Å². The van der Waals surface area contributed by atoms with E-state index in [2.05, 4.69) is 0 Å². The van der Waals surface area contributed by atoms with Crippen LogP contribution in [0.1, 0.15) is 47.7 Å². The molecule has 2 aromatic carbocycles. The maximum Gasteiger partial charge on any atom is 0.257 e. The summed E-state index contributed by atoms with van der Waals surface area (Å²) in [5.74, 6) is -0.0915. The minimum atomic E-state index is -1.01. The van der Waals surface area contributed by atoms with Crippen molar-refractivity contribution in [1.82, 2.24) is 4.90 Å². The highest BCUT2D eigenvalue weighted by molar-refractivity contribution is 6.00. The monoisotopic (exact) mass is 367 g/mol. The normalized spacial score (nSPS) is 19.8. The minimum absolute atomic E-state index is 0.0915. The number of amides is 1. The lowest BCUT2D eigenvalue weighted by molar-refractivity contribution is -0.116. The molecule has 2 unspecified atom stereocenters. The van der Waals surface area contributed by atoms with E-state index in [1.807, 2.05) is 61.5 Å². The number of aliphatic hydroxyl groups is 1. The average Bonchev–Trinajstić information content (AvgIpc) is 2.96. The molecule has 3 rings (SSSR count). The lowest BCUT2D eigenvalue weighted by Crippen LogP contribution is -2.47. The van der Waals surface area contributed by atoms with Crippen molar-refractivity contribution in [2.24, 2.45) is 0 Å². The van der Waals surface area contributed by atoms with Crippen molar-refractivity contribution in [2.45, 2.75) is 38.0 Å². The predicted molar refractivity (Wildman–Crippen MR) is 102 cm³/mol. The van der Waals surface area contributed by atoms with Crippen LogP contribution in [0, 0.1) is 0 Å². The third-order valence-corrected chi connectivity index (χ3v) is 4.87. The first-order valence-electron chi connectivity index (χ1n) is 9.39. The van der Waals surface area contributed by atoms with Gasteiger partial charge in [-0.2, -0.15) is 0 Å². The molecule has 1 aliphatic heterocycles. The van der Waals surface area contributed by atoms with Crippen molar-refractivity contribution in [3.05, 3.63) is 71.3 Å². The van der Waals surface area contributed by atoms with E-state index in [0.717, 1.165) is 17.5 Å². The molecule has 0 aliphatic carbocycles. The molecule has 27 heavy (non-hydrogen) atoms. The number of nitrogens with zero attached hydrogens (tertiary/aromatic N) is 1. The van der Waals surface area contributed by atoms with Crippen LogP contribution in [0.25, 0.3) is 0 Å². The molecular weight excluding hydrogens is 342 g/mol. The smallest absolute Gasteiger partial charge is 0.257 e. The van der Waals surface area contributed by atoms with Gasteiger partial charge in [0.05, 0.1) is 0 Å². The zero-order chi connectivity index (χ0) is 19.3. The number of rotatable bonds is 9. The van der Waals surface area contributed by atoms with Gasteiger partial charge in [0.15, 0.2) is 5.72 Å². The topological polar surface area (TPSA) is 66.8 Å². The zero-order valence-corrected chi connectivity index (χ0v) is 15.5. The van der Waals surface area contributed by atoms with Gasteiger partial charge in [-0.3, -0.25) is 4.79 Å². The lowest BCUT2D eigenvalue weighted by atomic mass is 9.93. The first-order chi connectivity index (χ1) is 13.1. The van der Waals surface area contributed by atoms with E-state index in [9.17, 15) is 14.7 Å². The van der Waals surface area contributed by atoms with Gasteiger partial charge in [-0.05, 0) is 25.3 Å². The van der Waals surface area contributed by atoms with Crippen LogP contribution in [-0.2, 0) is 15.3 Å². The van der Waals surface area contributed by atoms with Crippen molar-refractivity contribution < 1.29 is 19.4 Å². The van der Waals surface area contributed by atoms with Crippen LogP contribution in [-0.4, -0.2) is 41.5 Å². The van der Waals surface area contributed by atoms with Crippen LogP contribution in [0.2, 0.25) is 0 Å². The Balaban J connectivity index is 2.06. The van der Waals surface area contributed by atoms with Crippen LogP contribution in [0.3, 0.4) is 0 Å². The van der Waals surface area contributed by atoms with E-state index < -0.39 is 11.8 Å². The summed E-state index contributed by atoms with van der Waals surface area (Å²) in [5, 5.41) is 9.56. The second-order valence-corrected chi connectivity index (χ2v) is 6.71. The Morgan fingerprint density at radius 1 is 1.15 bits per heavy atom. The summed E-state index contributed by atoms with van der Waals surface area (Å²) in [6.45, 7) is 2.92. The molecular formula is C22H25NO4. The molecule has 0 saturated carbocycles. The molecule has 1 heterocycles. The highest BCUT2D eigenvalue weighted by Crippen LogP contribution is 2.45. The molecule has 1 amide bonds. The van der Waals surface area contributed by atoms with Gasteiger partial charge in [0.1, 0.15) is 12.4 Å². The second kappa shape index (κ2) is 8.46. The molecule has 2 atom stereocenters. The lowest BCUT2D eigenvalue weighted by Gasteiger charge is -2.39. The van der Waals surface area contributed by atoms with Crippen LogP contribution in [0.5, 0.6) is 0 Å². The molecule has 2 aromatic rings. The van der Waals surface area contributed by atoms with Crippen LogP contribution >= 0.6 is 0 Å². The first kappa shape index (κ1) is 19.3. The number of benzene rings is 2. The summed E-state index contributed by atoms with van der Waals surface area (Å²) in [5.41, 5.74) is 1.38. The summed E-state index contributed by atoms with van der Waals surface area (Å²) in [6.07, 6.45) is 1.15. The highest BCUT2D eigenvalue weighted by atomic mass is 16.5. The number of carbonyl (C=O) groups excluding carboxylic acids is 2. The average molecular weight is 367 g/mol. The van der Waals surface area contributed by atoms with Gasteiger partial charge in [0.25, 0.3) is 5.91 Å². The Bertz CT molecular complexity index is 792. The number of aldehydes is 1. The van der Waals surface area contributed by atoms with Crippen molar-refractivity contribution >= 4 is 12.2 Å². The third kappa shape index (κ3) is 3.53. The van der Waals surface area contributed by atoms with Gasteiger partial charge in [-0.15, -0.1) is 0 Å². The Morgan fingerprint density at radius 3 is 2.56 bits per heavy atom. The van der Waals surface area contributed by atoms with Crippen LogP contribution < -0.4 is 0 Å². The van der Waals surface area contributed by atoms with Gasteiger partial charge in [-0.1, -0.05) is 55.5 Å². The molecule has 0 aromatic heterocycles. The fourth-order valence-corrected chi connectivity index (χ4v) is 3.65. The fourth-order valence-electron chi connectivity index (χ4n) is 3.65. The summed E-state index contributed by atoms with van der Waals surface area (Å²) >= 11 is 0. The second-order valence-electron chi connectivity index (χ2n) is 6.71. The van der Waals surface area contributed by atoms with Crippen LogP contribution in [0.15, 0.2) is 54.6 Å². The summed E-state index contributed by atoms with van der Waals surface area (Å²) in [6, 6.07) is 17.3. The molecule has 1 aliphatic rings. The van der Waals surface area contributed by atoms with Gasteiger partial charge in [-0.25, -0.2) is 0 Å². The maximum atomic E-state index is 13.2. The molecule has 0 bridgehead atoms. The number of carbonyl (C=O) groups is 2. The largest absolute Gasteiger partial charge is 0.386 e. The fraction of sp³-hybridized carbons (Fsp3) is 0.364. The van der Waals surface area contributed by atoms with Crippen LogP contribution in [0.4, 0.5) is 0 Å². The van der Waals surface area contributed by atoms with E-state index in [4.69, 9.17) is 4.74 Å². The van der Waals surface area contributed by atoms with Gasteiger partial charge < -0.3 is 19.5 Å². The summed E-state index contributed by atoms with van der Waals surface area (Å²) in [7, 11) is 0. The van der Waals surface area contributed by atoms with E-state index in [1.165, 1.54) is 0 Å².